The Bertz CT molecular complexity index is 1070. The number of methoxy groups -OCH3 is 1. The van der Waals surface area contributed by atoms with Gasteiger partial charge in [0.25, 0.3) is 0 Å². The second kappa shape index (κ2) is 10.1. The minimum Gasteiger partial charge on any atom is -0.497 e. The van der Waals surface area contributed by atoms with Gasteiger partial charge in [-0.3, -0.25) is 4.79 Å². The molecule has 1 amide bonds. The Morgan fingerprint density at radius 1 is 1.17 bits per heavy atom. The first-order chi connectivity index (χ1) is 14.5. The van der Waals surface area contributed by atoms with Gasteiger partial charge in [-0.1, -0.05) is 35.9 Å². The zero-order chi connectivity index (χ0) is 21.5. The first-order valence-corrected chi connectivity index (χ1v) is 10.4. The fraction of sp³-hybridized carbons (Fsp3) is 0.130. The molecule has 0 fully saturated rings. The number of nitrogens with one attached hydrogen (secondary N) is 1. The number of amides is 1. The first-order valence-electron chi connectivity index (χ1n) is 9.19. The summed E-state index contributed by atoms with van der Waals surface area (Å²) in [6.45, 7) is 1.97. The summed E-state index contributed by atoms with van der Waals surface area (Å²) in [5.41, 5.74) is 2.64. The summed E-state index contributed by atoms with van der Waals surface area (Å²) >= 11 is 7.23. The number of thiophene rings is 1. The Kier molecular flexibility index (Phi) is 7.27. The molecule has 0 bridgehead atoms. The third kappa shape index (κ3) is 5.28. The minimum absolute atomic E-state index is 0.235. The Morgan fingerprint density at radius 2 is 1.93 bits per heavy atom. The molecule has 3 rings (SSSR count). The maximum atomic E-state index is 12.6. The molecule has 1 heterocycles. The minimum atomic E-state index is -0.487. The number of carbonyl (C=O) groups is 2. The molecule has 2 aromatic carbocycles. The van der Waals surface area contributed by atoms with E-state index in [1.165, 1.54) is 17.4 Å². The zero-order valence-corrected chi connectivity index (χ0v) is 18.0. The van der Waals surface area contributed by atoms with Crippen molar-refractivity contribution in [2.45, 2.75) is 6.92 Å². The third-order valence-corrected chi connectivity index (χ3v) is 5.31. The number of halogens is 1. The molecule has 0 saturated heterocycles. The van der Waals surface area contributed by atoms with E-state index >= 15 is 0 Å². The Morgan fingerprint density at radius 3 is 2.60 bits per heavy atom. The van der Waals surface area contributed by atoms with Crippen LogP contribution in [0.2, 0.25) is 5.02 Å². The SMILES string of the molecule is CCOC(=O)c1c(-c2ccc(OC)cc2)csc1NC(=O)/C=C/c1cccc(Cl)c1. The highest BCUT2D eigenvalue weighted by Gasteiger charge is 2.22. The van der Waals surface area contributed by atoms with Crippen LogP contribution in [0.15, 0.2) is 60.0 Å². The molecule has 0 saturated carbocycles. The molecule has 0 aliphatic heterocycles. The Hall–Kier alpha value is -3.09. The van der Waals surface area contributed by atoms with Crippen molar-refractivity contribution in [1.82, 2.24) is 0 Å². The van der Waals surface area contributed by atoms with Crippen molar-refractivity contribution in [3.8, 4) is 16.9 Å². The largest absolute Gasteiger partial charge is 0.497 e. The summed E-state index contributed by atoms with van der Waals surface area (Å²) in [4.78, 5) is 25.1. The normalized spacial score (nSPS) is 10.8. The topological polar surface area (TPSA) is 64.6 Å². The van der Waals surface area contributed by atoms with Crippen LogP contribution in [0.5, 0.6) is 5.75 Å². The molecule has 154 valence electrons. The lowest BCUT2D eigenvalue weighted by Gasteiger charge is -2.08. The molecule has 0 aliphatic rings. The number of rotatable bonds is 7. The summed E-state index contributed by atoms with van der Waals surface area (Å²) in [5, 5.41) is 5.62. The highest BCUT2D eigenvalue weighted by Crippen LogP contribution is 2.37. The van der Waals surface area contributed by atoms with E-state index in [4.69, 9.17) is 21.1 Å². The maximum Gasteiger partial charge on any atom is 0.341 e. The lowest BCUT2D eigenvalue weighted by molar-refractivity contribution is -0.111. The van der Waals surface area contributed by atoms with Crippen molar-refractivity contribution in [2.24, 2.45) is 0 Å². The van der Waals surface area contributed by atoms with E-state index in [0.29, 0.717) is 26.9 Å². The van der Waals surface area contributed by atoms with Crippen molar-refractivity contribution in [3.63, 3.8) is 0 Å². The molecule has 0 spiro atoms. The highest BCUT2D eigenvalue weighted by molar-refractivity contribution is 7.15. The van der Waals surface area contributed by atoms with Crippen LogP contribution < -0.4 is 10.1 Å². The van der Waals surface area contributed by atoms with Crippen molar-refractivity contribution in [2.75, 3.05) is 19.0 Å². The number of hydrogen-bond donors (Lipinski definition) is 1. The monoisotopic (exact) mass is 441 g/mol. The van der Waals surface area contributed by atoms with Crippen molar-refractivity contribution >= 4 is 45.9 Å². The van der Waals surface area contributed by atoms with Gasteiger partial charge in [0, 0.05) is 22.0 Å². The molecule has 0 radical (unpaired) electrons. The molecule has 1 aromatic heterocycles. The van der Waals surface area contributed by atoms with Crippen molar-refractivity contribution < 1.29 is 19.1 Å². The van der Waals surface area contributed by atoms with Gasteiger partial charge in [0.15, 0.2) is 0 Å². The van der Waals surface area contributed by atoms with Gasteiger partial charge >= 0.3 is 5.97 Å². The highest BCUT2D eigenvalue weighted by atomic mass is 35.5. The van der Waals surface area contributed by atoms with Crippen LogP contribution in [0, 0.1) is 0 Å². The molecule has 1 N–H and O–H groups in total. The second-order valence-corrected chi connectivity index (χ2v) is 7.50. The predicted molar refractivity (Wildman–Crippen MR) is 121 cm³/mol. The number of esters is 1. The zero-order valence-electron chi connectivity index (χ0n) is 16.5. The van der Waals surface area contributed by atoms with Gasteiger partial charge in [-0.2, -0.15) is 0 Å². The summed E-state index contributed by atoms with van der Waals surface area (Å²) in [5.74, 6) is -0.131. The van der Waals surface area contributed by atoms with Crippen LogP contribution in [0.4, 0.5) is 5.00 Å². The number of anilines is 1. The van der Waals surface area contributed by atoms with Crippen LogP contribution in [-0.2, 0) is 9.53 Å². The number of benzene rings is 2. The van der Waals surface area contributed by atoms with Gasteiger partial charge in [-0.25, -0.2) is 4.79 Å². The average Bonchev–Trinajstić information content (AvgIpc) is 3.16. The molecule has 0 unspecified atom stereocenters. The molecule has 5 nitrogen and oxygen atoms in total. The van der Waals surface area contributed by atoms with Crippen molar-refractivity contribution in [1.29, 1.82) is 0 Å². The van der Waals surface area contributed by atoms with Crippen LogP contribution in [0.1, 0.15) is 22.8 Å². The molecule has 30 heavy (non-hydrogen) atoms. The average molecular weight is 442 g/mol. The molecule has 3 aromatic rings. The van der Waals surface area contributed by atoms with E-state index in [1.807, 2.05) is 35.7 Å². The van der Waals surface area contributed by atoms with E-state index in [2.05, 4.69) is 5.32 Å². The maximum absolute atomic E-state index is 12.6. The fourth-order valence-electron chi connectivity index (χ4n) is 2.77. The van der Waals surface area contributed by atoms with Gasteiger partial charge in [-0.15, -0.1) is 11.3 Å². The van der Waals surface area contributed by atoms with Crippen LogP contribution in [-0.4, -0.2) is 25.6 Å². The number of carbonyl (C=O) groups excluding carboxylic acids is 2. The molecule has 7 heteroatoms. The van der Waals surface area contributed by atoms with Crippen LogP contribution in [0.25, 0.3) is 17.2 Å². The van der Waals surface area contributed by atoms with Crippen LogP contribution in [0.3, 0.4) is 0 Å². The van der Waals surface area contributed by atoms with E-state index in [0.717, 1.165) is 11.1 Å². The van der Waals surface area contributed by atoms with Crippen LogP contribution >= 0.6 is 22.9 Å². The van der Waals surface area contributed by atoms with E-state index in [1.54, 1.807) is 38.3 Å². The second-order valence-electron chi connectivity index (χ2n) is 6.18. The smallest absolute Gasteiger partial charge is 0.341 e. The standard InChI is InChI=1S/C23H20ClNO4S/c1-3-29-23(27)21-19(16-8-10-18(28-2)11-9-16)14-30-22(21)25-20(26)12-7-15-5-4-6-17(24)13-15/h4-14H,3H2,1-2H3,(H,25,26)/b12-7+. The summed E-state index contributed by atoms with van der Waals surface area (Å²) in [7, 11) is 1.59. The van der Waals surface area contributed by atoms with Gasteiger partial charge in [0.05, 0.1) is 13.7 Å². The lowest BCUT2D eigenvalue weighted by atomic mass is 10.0. The Balaban J connectivity index is 1.87. The van der Waals surface area contributed by atoms with E-state index < -0.39 is 5.97 Å². The quantitative estimate of drug-likeness (QED) is 0.366. The summed E-state index contributed by atoms with van der Waals surface area (Å²) < 4.78 is 10.4. The summed E-state index contributed by atoms with van der Waals surface area (Å²) in [6.07, 6.45) is 3.05. The van der Waals surface area contributed by atoms with E-state index in [-0.39, 0.29) is 12.5 Å². The predicted octanol–water partition coefficient (Wildman–Crippen LogP) is 5.91. The number of hydrogen-bond acceptors (Lipinski definition) is 5. The van der Waals surface area contributed by atoms with Crippen molar-refractivity contribution in [3.05, 3.63) is 76.1 Å². The van der Waals surface area contributed by atoms with Gasteiger partial charge in [-0.05, 0) is 48.4 Å². The Labute approximate surface area is 183 Å². The summed E-state index contributed by atoms with van der Waals surface area (Å²) in [6, 6.07) is 14.5. The first kappa shape index (κ1) is 21.6. The fourth-order valence-corrected chi connectivity index (χ4v) is 3.93. The molecular weight excluding hydrogens is 422 g/mol. The molecule has 0 aliphatic carbocycles. The van der Waals surface area contributed by atoms with Gasteiger partial charge < -0.3 is 14.8 Å². The molecule has 0 atom stereocenters. The number of ether oxygens (including phenoxy) is 2. The third-order valence-electron chi connectivity index (χ3n) is 4.18. The van der Waals surface area contributed by atoms with Gasteiger partial charge in [0.2, 0.25) is 5.91 Å². The van der Waals surface area contributed by atoms with Gasteiger partial charge in [0.1, 0.15) is 16.3 Å². The molecular formula is C23H20ClNO4S. The lowest BCUT2D eigenvalue weighted by Crippen LogP contribution is -2.12. The van der Waals surface area contributed by atoms with E-state index in [9.17, 15) is 9.59 Å².